The highest BCUT2D eigenvalue weighted by Gasteiger charge is 2.55. The molecule has 0 bridgehead atoms. The highest BCUT2D eigenvalue weighted by molar-refractivity contribution is 6.31. The number of hydrogen-bond acceptors (Lipinski definition) is 7. The molecule has 3 aromatic rings. The Hall–Kier alpha value is -3.94. The summed E-state index contributed by atoms with van der Waals surface area (Å²) in [4.78, 5) is 1.91. The zero-order chi connectivity index (χ0) is 22.7. The number of halogens is 1. The number of anilines is 2. The molecule has 0 saturated heterocycles. The molecule has 3 heterocycles. The molecule has 7 nitrogen and oxygen atoms in total. The molecule has 3 N–H and O–H groups in total. The second-order valence-electron chi connectivity index (χ2n) is 8.00. The Morgan fingerprint density at radius 3 is 2.36 bits per heavy atom. The van der Waals surface area contributed by atoms with Gasteiger partial charge in [0, 0.05) is 16.1 Å². The van der Waals surface area contributed by atoms with Crippen molar-refractivity contribution in [2.75, 3.05) is 9.91 Å². The molecule has 3 aromatic carbocycles. The summed E-state index contributed by atoms with van der Waals surface area (Å²) in [6.45, 7) is 1.86. The van der Waals surface area contributed by atoms with Gasteiger partial charge < -0.3 is 10.8 Å². The predicted molar refractivity (Wildman–Crippen MR) is 131 cm³/mol. The van der Waals surface area contributed by atoms with Gasteiger partial charge in [0.05, 0.1) is 22.7 Å². The van der Waals surface area contributed by atoms with Crippen LogP contribution < -0.4 is 15.6 Å². The number of rotatable bonds is 2. The molecule has 162 valence electrons. The molecule has 3 aliphatic heterocycles. The fraction of sp³-hybridized carbons (Fsp3) is 0.0800. The van der Waals surface area contributed by atoms with E-state index in [1.165, 1.54) is 0 Å². The fourth-order valence-corrected chi connectivity index (χ4v) is 4.84. The average Bonchev–Trinajstić information content (AvgIpc) is 3.11. The van der Waals surface area contributed by atoms with E-state index in [4.69, 9.17) is 22.4 Å². The van der Waals surface area contributed by atoms with Crippen LogP contribution in [0.2, 0.25) is 5.02 Å². The maximum atomic E-state index is 12.4. The fourth-order valence-electron chi connectivity index (χ4n) is 4.68. The van der Waals surface area contributed by atoms with Gasteiger partial charge in [-0.2, -0.15) is 5.10 Å². The minimum atomic E-state index is -1.60. The lowest BCUT2D eigenvalue weighted by Crippen LogP contribution is -2.52. The lowest BCUT2D eigenvalue weighted by atomic mass is 9.84. The minimum absolute atomic E-state index is 0.193. The first kappa shape index (κ1) is 19.7. The van der Waals surface area contributed by atoms with Gasteiger partial charge in [0.2, 0.25) is 5.72 Å². The van der Waals surface area contributed by atoms with Crippen molar-refractivity contribution in [2.45, 2.75) is 12.6 Å². The molecule has 0 aliphatic carbocycles. The molecule has 0 saturated carbocycles. The summed E-state index contributed by atoms with van der Waals surface area (Å²) in [6, 6.07) is 24.6. The molecule has 6 rings (SSSR count). The molecule has 0 fully saturated rings. The number of nitrogens with zero attached hydrogens (tertiary/aromatic N) is 5. The van der Waals surface area contributed by atoms with E-state index in [-0.39, 0.29) is 5.84 Å². The zero-order valence-electron chi connectivity index (χ0n) is 17.6. The van der Waals surface area contributed by atoms with Crippen LogP contribution in [0.3, 0.4) is 0 Å². The number of hydrogen-bond donors (Lipinski definition) is 2. The molecule has 0 aromatic heterocycles. The Balaban J connectivity index is 1.68. The molecule has 1 unspecified atom stereocenters. The van der Waals surface area contributed by atoms with Crippen molar-refractivity contribution in [1.29, 1.82) is 0 Å². The summed E-state index contributed by atoms with van der Waals surface area (Å²) in [5.41, 5.74) is 9.43. The molecular formula is C25H19ClN6O. The van der Waals surface area contributed by atoms with E-state index in [1.807, 2.05) is 78.6 Å². The van der Waals surface area contributed by atoms with E-state index in [1.54, 1.807) is 17.1 Å². The van der Waals surface area contributed by atoms with Gasteiger partial charge in [-0.3, -0.25) is 4.90 Å². The minimum Gasteiger partial charge on any atom is -0.380 e. The topological polar surface area (TPSA) is 89.8 Å². The number of aliphatic hydroxyl groups is 1. The van der Waals surface area contributed by atoms with Crippen LogP contribution in [0, 0.1) is 0 Å². The zero-order valence-corrected chi connectivity index (χ0v) is 18.4. The van der Waals surface area contributed by atoms with Crippen molar-refractivity contribution < 1.29 is 5.11 Å². The van der Waals surface area contributed by atoms with Gasteiger partial charge in [-0.05, 0) is 31.2 Å². The van der Waals surface area contributed by atoms with E-state index in [9.17, 15) is 5.11 Å². The average molecular weight is 455 g/mol. The Morgan fingerprint density at radius 1 is 0.939 bits per heavy atom. The normalized spacial score (nSPS) is 21.1. The molecule has 8 heteroatoms. The summed E-state index contributed by atoms with van der Waals surface area (Å²) < 4.78 is 0. The standard InChI is InChI=1S/C25H19ClN6O/c1-15-21-22-23(27)28-29-24(16-8-4-2-5-9-16)31(22)20-14-17(26)12-13-19(20)25(21,33)32(30-15)18-10-6-3-7-11-18/h2-14,33H,1H3,(H2,27,28). The van der Waals surface area contributed by atoms with Gasteiger partial charge in [0.15, 0.2) is 11.7 Å². The smallest absolute Gasteiger partial charge is 0.217 e. The van der Waals surface area contributed by atoms with Crippen LogP contribution in [-0.2, 0) is 5.72 Å². The maximum absolute atomic E-state index is 12.4. The van der Waals surface area contributed by atoms with Crippen LogP contribution in [-0.4, -0.2) is 22.5 Å². The largest absolute Gasteiger partial charge is 0.380 e. The van der Waals surface area contributed by atoms with E-state index in [0.29, 0.717) is 39.1 Å². The summed E-state index contributed by atoms with van der Waals surface area (Å²) in [6.07, 6.45) is 0. The SMILES string of the molecule is CC1=NN(c2ccccc2)C2(O)C1=C1C(N)=NN=C(c3ccccc3)N1c1cc(Cl)ccc12. The van der Waals surface area contributed by atoms with Gasteiger partial charge in [-0.25, -0.2) is 5.01 Å². The quantitative estimate of drug-likeness (QED) is 0.607. The highest BCUT2D eigenvalue weighted by Crippen LogP contribution is 2.52. The Kier molecular flexibility index (Phi) is 4.20. The van der Waals surface area contributed by atoms with Gasteiger partial charge in [-0.15, -0.1) is 10.2 Å². The van der Waals surface area contributed by atoms with Crippen LogP contribution in [0.15, 0.2) is 105 Å². The van der Waals surface area contributed by atoms with Crippen molar-refractivity contribution in [2.24, 2.45) is 21.0 Å². The van der Waals surface area contributed by atoms with Crippen LogP contribution in [0.1, 0.15) is 18.1 Å². The molecule has 3 aliphatic rings. The van der Waals surface area contributed by atoms with E-state index < -0.39 is 5.72 Å². The lowest BCUT2D eigenvalue weighted by Gasteiger charge is -2.44. The maximum Gasteiger partial charge on any atom is 0.217 e. The van der Waals surface area contributed by atoms with E-state index in [0.717, 1.165) is 11.3 Å². The van der Waals surface area contributed by atoms with Crippen LogP contribution >= 0.6 is 11.6 Å². The number of para-hydroxylation sites is 1. The molecule has 0 radical (unpaired) electrons. The van der Waals surface area contributed by atoms with Crippen molar-refractivity contribution in [3.05, 3.63) is 106 Å². The Labute approximate surface area is 195 Å². The molecular weight excluding hydrogens is 436 g/mol. The summed E-state index contributed by atoms with van der Waals surface area (Å²) >= 11 is 6.44. The predicted octanol–water partition coefficient (Wildman–Crippen LogP) is 4.19. The monoisotopic (exact) mass is 454 g/mol. The van der Waals surface area contributed by atoms with E-state index >= 15 is 0 Å². The molecule has 1 atom stereocenters. The first-order valence-electron chi connectivity index (χ1n) is 10.4. The Bertz CT molecular complexity index is 1410. The first-order valence-corrected chi connectivity index (χ1v) is 10.8. The third kappa shape index (κ3) is 2.70. The number of nitrogens with two attached hydrogens (primary N) is 1. The van der Waals surface area contributed by atoms with Crippen LogP contribution in [0.4, 0.5) is 11.4 Å². The van der Waals surface area contributed by atoms with Crippen LogP contribution in [0.5, 0.6) is 0 Å². The second kappa shape index (κ2) is 7.03. The third-order valence-electron chi connectivity index (χ3n) is 6.04. The third-order valence-corrected chi connectivity index (χ3v) is 6.28. The molecule has 0 amide bonds. The van der Waals surface area contributed by atoms with Crippen molar-refractivity contribution in [3.63, 3.8) is 0 Å². The number of amidine groups is 2. The molecule has 33 heavy (non-hydrogen) atoms. The van der Waals surface area contributed by atoms with Gasteiger partial charge in [-0.1, -0.05) is 66.2 Å². The van der Waals surface area contributed by atoms with E-state index in [2.05, 4.69) is 10.2 Å². The molecule has 0 spiro atoms. The number of hydrazone groups is 1. The number of benzene rings is 3. The van der Waals surface area contributed by atoms with Gasteiger partial charge in [0.25, 0.3) is 0 Å². The van der Waals surface area contributed by atoms with Crippen molar-refractivity contribution in [1.82, 2.24) is 0 Å². The first-order chi connectivity index (χ1) is 16.0. The van der Waals surface area contributed by atoms with Crippen molar-refractivity contribution in [3.8, 4) is 0 Å². The summed E-state index contributed by atoms with van der Waals surface area (Å²) in [5, 5.41) is 28.0. The van der Waals surface area contributed by atoms with Gasteiger partial charge >= 0.3 is 0 Å². The number of fused-ring (bicyclic) bond motifs is 5. The summed E-state index contributed by atoms with van der Waals surface area (Å²) in [5.74, 6) is 0.780. The van der Waals surface area contributed by atoms with Crippen LogP contribution in [0.25, 0.3) is 0 Å². The van der Waals surface area contributed by atoms with Gasteiger partial charge in [0.1, 0.15) is 5.70 Å². The van der Waals surface area contributed by atoms with Crippen molar-refractivity contribution >= 4 is 40.4 Å². The lowest BCUT2D eigenvalue weighted by molar-refractivity contribution is 0.0831. The Morgan fingerprint density at radius 2 is 1.64 bits per heavy atom. The highest BCUT2D eigenvalue weighted by atomic mass is 35.5. The summed E-state index contributed by atoms with van der Waals surface area (Å²) in [7, 11) is 0. The second-order valence-corrected chi connectivity index (χ2v) is 8.44.